The quantitative estimate of drug-likeness (QED) is 0.360. The molecule has 2 atom stereocenters. The van der Waals surface area contributed by atoms with Crippen LogP contribution in [-0.2, 0) is 11.2 Å². The Morgan fingerprint density at radius 3 is 2.84 bits per heavy atom. The first-order chi connectivity index (χ1) is 12.0. The predicted octanol–water partition coefficient (Wildman–Crippen LogP) is 1.95. The normalized spacial score (nSPS) is 17.9. The molecule has 1 saturated heterocycles. The van der Waals surface area contributed by atoms with Crippen LogP contribution in [0.5, 0.6) is 0 Å². The number of carbonyl (C=O) groups is 1. The average molecular weight is 348 g/mol. The van der Waals surface area contributed by atoms with E-state index in [0.29, 0.717) is 11.6 Å². The second kappa shape index (κ2) is 9.65. The summed E-state index contributed by atoms with van der Waals surface area (Å²) in [6.45, 7) is 8.58. The zero-order chi connectivity index (χ0) is 18.2. The van der Waals surface area contributed by atoms with E-state index in [2.05, 4.69) is 34.8 Å². The second-order valence-corrected chi connectivity index (χ2v) is 7.10. The van der Waals surface area contributed by atoms with Crippen molar-refractivity contribution in [2.75, 3.05) is 19.6 Å². The summed E-state index contributed by atoms with van der Waals surface area (Å²) in [5.74, 6) is 1.17. The summed E-state index contributed by atoms with van der Waals surface area (Å²) >= 11 is 0. The molecule has 7 heteroatoms. The molecule has 0 radical (unpaired) electrons. The summed E-state index contributed by atoms with van der Waals surface area (Å²) in [6, 6.07) is -0.212. The highest BCUT2D eigenvalue weighted by Crippen LogP contribution is 2.28. The first kappa shape index (κ1) is 19.6. The first-order valence-electron chi connectivity index (χ1n) is 9.47. The molecular formula is C18H32N6O. The molecule has 0 aromatic carbocycles. The topological polar surface area (TPSA) is 95.7 Å². The second-order valence-electron chi connectivity index (χ2n) is 7.10. The maximum atomic E-state index is 13.1. The van der Waals surface area contributed by atoms with Crippen LogP contribution in [0.25, 0.3) is 0 Å². The Hall–Kier alpha value is -1.76. The number of hydrogen-bond donors (Lipinski definition) is 3. The number of carbonyl (C=O) groups excluding carboxylic acids is 1. The largest absolute Gasteiger partial charge is 0.374 e. The number of aromatic nitrogens is 3. The third kappa shape index (κ3) is 5.63. The number of nitrogens with zero attached hydrogens (tertiary/aromatic N) is 3. The number of nitrogens with one attached hydrogen (secondary N) is 3. The van der Waals surface area contributed by atoms with Crippen molar-refractivity contribution in [3.63, 3.8) is 0 Å². The highest BCUT2D eigenvalue weighted by atomic mass is 16.1. The van der Waals surface area contributed by atoms with Gasteiger partial charge in [0, 0.05) is 18.7 Å². The van der Waals surface area contributed by atoms with Crippen LogP contribution in [0.3, 0.4) is 0 Å². The lowest BCUT2D eigenvalue weighted by molar-refractivity contribution is -0.128. The van der Waals surface area contributed by atoms with E-state index in [9.17, 15) is 4.79 Å². The van der Waals surface area contributed by atoms with Crippen LogP contribution in [0.4, 0.5) is 0 Å². The Bertz CT molecular complexity index is 564. The molecule has 2 rings (SSSR count). The van der Waals surface area contributed by atoms with Gasteiger partial charge in [-0.25, -0.2) is 4.68 Å². The number of piperidine rings is 1. The minimum absolute atomic E-state index is 0.132. The summed E-state index contributed by atoms with van der Waals surface area (Å²) in [5.41, 5.74) is 0.913. The fourth-order valence-electron chi connectivity index (χ4n) is 3.35. The van der Waals surface area contributed by atoms with E-state index in [0.717, 1.165) is 57.4 Å². The maximum Gasteiger partial charge on any atom is 0.160 e. The van der Waals surface area contributed by atoms with Crippen molar-refractivity contribution in [2.24, 2.45) is 11.8 Å². The van der Waals surface area contributed by atoms with E-state index in [1.54, 1.807) is 11.6 Å². The van der Waals surface area contributed by atoms with Gasteiger partial charge in [0.15, 0.2) is 5.78 Å². The van der Waals surface area contributed by atoms with Gasteiger partial charge in [0.2, 0.25) is 0 Å². The zero-order valence-corrected chi connectivity index (χ0v) is 15.7. The molecule has 1 aromatic rings. The minimum atomic E-state index is -0.212. The standard InChI is InChI=1S/C18H32N6O/c1-4-13(2)17(18(25)15-7-10-20-11-8-15)24-12-16(22-23-24)6-5-9-21-14(3)19/h12-13,15,17,20H,4-11H2,1-3H3,(H2,19,21)/t13?,17-/m0/s1. The third-order valence-electron chi connectivity index (χ3n) is 5.06. The molecule has 1 unspecified atom stereocenters. The molecular weight excluding hydrogens is 316 g/mol. The van der Waals surface area contributed by atoms with Gasteiger partial charge >= 0.3 is 0 Å². The molecule has 0 aliphatic carbocycles. The molecule has 7 nitrogen and oxygen atoms in total. The summed E-state index contributed by atoms with van der Waals surface area (Å²) < 4.78 is 1.79. The van der Waals surface area contributed by atoms with E-state index < -0.39 is 0 Å². The Kier molecular flexibility index (Phi) is 7.55. The summed E-state index contributed by atoms with van der Waals surface area (Å²) in [4.78, 5) is 13.1. The van der Waals surface area contributed by atoms with Gasteiger partial charge in [-0.15, -0.1) is 5.10 Å². The van der Waals surface area contributed by atoms with Crippen LogP contribution in [0.15, 0.2) is 6.20 Å². The maximum absolute atomic E-state index is 13.1. The van der Waals surface area contributed by atoms with Gasteiger partial charge in [-0.05, 0) is 51.6 Å². The lowest BCUT2D eigenvalue weighted by Gasteiger charge is -2.28. The molecule has 25 heavy (non-hydrogen) atoms. The van der Waals surface area contributed by atoms with Crippen LogP contribution in [0.2, 0.25) is 0 Å². The lowest BCUT2D eigenvalue weighted by Crippen LogP contribution is -2.37. The van der Waals surface area contributed by atoms with Crippen LogP contribution < -0.4 is 10.6 Å². The van der Waals surface area contributed by atoms with Gasteiger partial charge in [-0.2, -0.15) is 0 Å². The van der Waals surface area contributed by atoms with Gasteiger partial charge in [-0.3, -0.25) is 10.2 Å². The number of ketones is 1. The Morgan fingerprint density at radius 2 is 2.20 bits per heavy atom. The third-order valence-corrected chi connectivity index (χ3v) is 5.06. The predicted molar refractivity (Wildman–Crippen MR) is 98.8 cm³/mol. The molecule has 1 fully saturated rings. The molecule has 3 N–H and O–H groups in total. The fraction of sp³-hybridized carbons (Fsp3) is 0.778. The SMILES string of the molecule is CCC(C)[C@@H](C(=O)C1CCNCC1)n1cc(CCCNC(C)=N)nn1. The molecule has 140 valence electrons. The van der Waals surface area contributed by atoms with Crippen LogP contribution >= 0.6 is 0 Å². The molecule has 0 spiro atoms. The van der Waals surface area contributed by atoms with Crippen molar-refractivity contribution in [2.45, 2.75) is 58.9 Å². The van der Waals surface area contributed by atoms with Gasteiger partial charge in [0.1, 0.15) is 6.04 Å². The summed E-state index contributed by atoms with van der Waals surface area (Å²) in [5, 5.41) is 22.2. The van der Waals surface area contributed by atoms with E-state index >= 15 is 0 Å². The number of amidine groups is 1. The molecule has 0 amide bonds. The van der Waals surface area contributed by atoms with E-state index in [4.69, 9.17) is 5.41 Å². The van der Waals surface area contributed by atoms with Crippen molar-refractivity contribution >= 4 is 11.6 Å². The minimum Gasteiger partial charge on any atom is -0.374 e. The Labute approximate surface area is 150 Å². The van der Waals surface area contributed by atoms with E-state index in [1.165, 1.54) is 0 Å². The molecule has 1 aliphatic rings. The molecule has 0 bridgehead atoms. The van der Waals surface area contributed by atoms with Crippen LogP contribution in [0.1, 0.15) is 58.2 Å². The smallest absolute Gasteiger partial charge is 0.160 e. The van der Waals surface area contributed by atoms with Gasteiger partial charge in [0.25, 0.3) is 0 Å². The zero-order valence-electron chi connectivity index (χ0n) is 15.7. The van der Waals surface area contributed by atoms with E-state index in [-0.39, 0.29) is 17.9 Å². The fourth-order valence-corrected chi connectivity index (χ4v) is 3.35. The Morgan fingerprint density at radius 1 is 1.48 bits per heavy atom. The molecule has 1 aliphatic heterocycles. The molecule has 1 aromatic heterocycles. The lowest BCUT2D eigenvalue weighted by atomic mass is 9.84. The monoisotopic (exact) mass is 348 g/mol. The van der Waals surface area contributed by atoms with Crippen LogP contribution in [-0.4, -0.2) is 46.2 Å². The highest BCUT2D eigenvalue weighted by Gasteiger charge is 2.33. The van der Waals surface area contributed by atoms with Crippen molar-refractivity contribution in [3.8, 4) is 0 Å². The van der Waals surface area contributed by atoms with Crippen LogP contribution in [0, 0.1) is 17.2 Å². The van der Waals surface area contributed by atoms with Crippen molar-refractivity contribution in [3.05, 3.63) is 11.9 Å². The number of hydrogen-bond acceptors (Lipinski definition) is 5. The van der Waals surface area contributed by atoms with Gasteiger partial charge < -0.3 is 10.6 Å². The highest BCUT2D eigenvalue weighted by molar-refractivity contribution is 5.85. The summed E-state index contributed by atoms with van der Waals surface area (Å²) in [7, 11) is 0. The molecule has 2 heterocycles. The van der Waals surface area contributed by atoms with Gasteiger partial charge in [0.05, 0.1) is 11.5 Å². The van der Waals surface area contributed by atoms with Crippen molar-refractivity contribution in [1.82, 2.24) is 25.6 Å². The van der Waals surface area contributed by atoms with E-state index in [1.807, 2.05) is 6.20 Å². The van der Waals surface area contributed by atoms with Crippen molar-refractivity contribution < 1.29 is 4.79 Å². The van der Waals surface area contributed by atoms with Gasteiger partial charge in [-0.1, -0.05) is 25.5 Å². The summed E-state index contributed by atoms with van der Waals surface area (Å²) in [6.07, 6.45) is 6.41. The van der Waals surface area contributed by atoms with Crippen molar-refractivity contribution in [1.29, 1.82) is 5.41 Å². The number of aryl methyl sites for hydroxylation is 1. The average Bonchev–Trinajstić information content (AvgIpc) is 3.07. The Balaban J connectivity index is 2.02. The number of Topliss-reactive ketones (excluding diaryl/α,β-unsaturated/α-hetero) is 1. The molecule has 0 saturated carbocycles. The first-order valence-corrected chi connectivity index (χ1v) is 9.47. The number of rotatable bonds is 9.